The highest BCUT2D eigenvalue weighted by atomic mass is 35.5. The highest BCUT2D eigenvalue weighted by Gasteiger charge is 2.35. The summed E-state index contributed by atoms with van der Waals surface area (Å²) in [6.45, 7) is 4.33. The molecule has 1 N–H and O–H groups in total. The van der Waals surface area contributed by atoms with Crippen LogP contribution >= 0.6 is 23.2 Å². The second-order valence-corrected chi connectivity index (χ2v) is 11.5. The quantitative estimate of drug-likeness (QED) is 0.371. The van der Waals surface area contributed by atoms with Crippen LogP contribution in [0.25, 0.3) is 0 Å². The fourth-order valence-corrected chi connectivity index (χ4v) is 4.96. The van der Waals surface area contributed by atoms with E-state index in [-0.39, 0.29) is 24.0 Å². The molecule has 210 valence electrons. The van der Waals surface area contributed by atoms with E-state index in [1.54, 1.807) is 38.1 Å². The van der Waals surface area contributed by atoms with E-state index in [1.807, 2.05) is 6.92 Å². The molecule has 0 fully saturated rings. The Balaban J connectivity index is 2.56. The van der Waals surface area contributed by atoms with Gasteiger partial charge in [0.2, 0.25) is 21.8 Å². The van der Waals surface area contributed by atoms with Gasteiger partial charge in [0, 0.05) is 17.6 Å². The van der Waals surface area contributed by atoms with Crippen LogP contribution in [-0.4, -0.2) is 50.0 Å². The van der Waals surface area contributed by atoms with E-state index in [9.17, 15) is 31.2 Å². The summed E-state index contributed by atoms with van der Waals surface area (Å²) < 4.78 is 66.0. The molecule has 0 aliphatic carbocycles. The lowest BCUT2D eigenvalue weighted by Gasteiger charge is -2.33. The second-order valence-electron chi connectivity index (χ2n) is 8.79. The fraction of sp³-hybridized carbons (Fsp3) is 0.440. The molecule has 0 saturated carbocycles. The zero-order valence-electron chi connectivity index (χ0n) is 21.4. The number of sulfonamides is 1. The number of anilines is 1. The zero-order chi connectivity index (χ0) is 28.8. The molecule has 2 aromatic carbocycles. The van der Waals surface area contributed by atoms with Gasteiger partial charge < -0.3 is 10.2 Å². The minimum Gasteiger partial charge on any atom is -0.352 e. The lowest BCUT2D eigenvalue weighted by atomic mass is 10.1. The van der Waals surface area contributed by atoms with Crippen molar-refractivity contribution in [3.05, 3.63) is 63.6 Å². The summed E-state index contributed by atoms with van der Waals surface area (Å²) >= 11 is 12.4. The molecule has 0 aromatic heterocycles. The first kappa shape index (κ1) is 31.7. The average Bonchev–Trinajstić information content (AvgIpc) is 2.82. The van der Waals surface area contributed by atoms with Gasteiger partial charge in [0.1, 0.15) is 12.6 Å². The van der Waals surface area contributed by atoms with Crippen molar-refractivity contribution in [2.24, 2.45) is 0 Å². The number of amides is 2. The van der Waals surface area contributed by atoms with Crippen molar-refractivity contribution >= 4 is 50.7 Å². The first-order chi connectivity index (χ1) is 17.6. The number of carbonyl (C=O) groups is 2. The van der Waals surface area contributed by atoms with Crippen LogP contribution in [0.4, 0.5) is 18.9 Å². The maximum Gasteiger partial charge on any atom is 0.416 e. The maximum atomic E-state index is 13.7. The minimum atomic E-state index is -4.77. The van der Waals surface area contributed by atoms with Crippen LogP contribution in [0.3, 0.4) is 0 Å². The molecule has 0 heterocycles. The van der Waals surface area contributed by atoms with Gasteiger partial charge in [0.05, 0.1) is 22.5 Å². The van der Waals surface area contributed by atoms with Gasteiger partial charge in [-0.15, -0.1) is 0 Å². The first-order valence-electron chi connectivity index (χ1n) is 11.8. The third-order valence-corrected chi connectivity index (χ3v) is 7.72. The van der Waals surface area contributed by atoms with E-state index in [0.717, 1.165) is 12.3 Å². The van der Waals surface area contributed by atoms with Crippen LogP contribution in [0.2, 0.25) is 10.0 Å². The third kappa shape index (κ3) is 8.25. The van der Waals surface area contributed by atoms with E-state index in [4.69, 9.17) is 23.2 Å². The number of hydrogen-bond donors (Lipinski definition) is 1. The topological polar surface area (TPSA) is 86.8 Å². The Labute approximate surface area is 230 Å². The van der Waals surface area contributed by atoms with E-state index in [2.05, 4.69) is 5.32 Å². The number of nitrogens with zero attached hydrogens (tertiary/aromatic N) is 2. The molecule has 2 rings (SSSR count). The van der Waals surface area contributed by atoms with Gasteiger partial charge in [0.25, 0.3) is 0 Å². The molecular formula is C25H30Cl2F3N3O4S. The Kier molecular flexibility index (Phi) is 10.9. The molecular weight excluding hydrogens is 566 g/mol. The van der Waals surface area contributed by atoms with Crippen molar-refractivity contribution in [1.82, 2.24) is 10.2 Å². The van der Waals surface area contributed by atoms with Gasteiger partial charge in [0.15, 0.2) is 0 Å². The van der Waals surface area contributed by atoms with Crippen molar-refractivity contribution in [2.45, 2.75) is 58.4 Å². The number of rotatable bonds is 11. The fourth-order valence-electron chi connectivity index (χ4n) is 3.65. The first-order valence-corrected chi connectivity index (χ1v) is 14.4. The monoisotopic (exact) mass is 595 g/mol. The van der Waals surface area contributed by atoms with E-state index >= 15 is 0 Å². The van der Waals surface area contributed by atoms with Crippen molar-refractivity contribution < 1.29 is 31.2 Å². The molecule has 0 unspecified atom stereocenters. The van der Waals surface area contributed by atoms with Gasteiger partial charge >= 0.3 is 6.18 Å². The molecule has 0 aliphatic rings. The zero-order valence-corrected chi connectivity index (χ0v) is 23.7. The average molecular weight is 596 g/mol. The summed E-state index contributed by atoms with van der Waals surface area (Å²) in [6, 6.07) is 7.63. The number of halogens is 5. The van der Waals surface area contributed by atoms with E-state index < -0.39 is 51.9 Å². The Morgan fingerprint density at radius 1 is 1.03 bits per heavy atom. The Hall–Kier alpha value is -2.50. The summed E-state index contributed by atoms with van der Waals surface area (Å²) in [5, 5.41) is 2.85. The lowest BCUT2D eigenvalue weighted by molar-refractivity contribution is -0.140. The molecule has 2 atom stereocenters. The number of hydrogen-bond acceptors (Lipinski definition) is 4. The van der Waals surface area contributed by atoms with Crippen molar-refractivity contribution in [1.29, 1.82) is 0 Å². The molecule has 7 nitrogen and oxygen atoms in total. The summed E-state index contributed by atoms with van der Waals surface area (Å²) in [5.41, 5.74) is -1.14. The van der Waals surface area contributed by atoms with Crippen LogP contribution in [0.1, 0.15) is 44.7 Å². The number of nitrogens with one attached hydrogen (secondary N) is 1. The van der Waals surface area contributed by atoms with Crippen LogP contribution in [0.5, 0.6) is 0 Å². The smallest absolute Gasteiger partial charge is 0.352 e. The predicted octanol–water partition coefficient (Wildman–Crippen LogP) is 5.50. The highest BCUT2D eigenvalue weighted by molar-refractivity contribution is 7.92. The van der Waals surface area contributed by atoms with Crippen LogP contribution < -0.4 is 9.62 Å². The summed E-state index contributed by atoms with van der Waals surface area (Å²) in [6.07, 6.45) is -3.20. The van der Waals surface area contributed by atoms with Crippen molar-refractivity contribution in [3.8, 4) is 0 Å². The molecule has 2 amide bonds. The highest BCUT2D eigenvalue weighted by Crippen LogP contribution is 2.36. The Morgan fingerprint density at radius 2 is 1.66 bits per heavy atom. The normalized spacial score (nSPS) is 13.5. The molecule has 0 aliphatic heterocycles. The van der Waals surface area contributed by atoms with Gasteiger partial charge in [-0.2, -0.15) is 13.2 Å². The largest absolute Gasteiger partial charge is 0.416 e. The molecule has 0 spiro atoms. The summed E-state index contributed by atoms with van der Waals surface area (Å²) in [7, 11) is -4.28. The van der Waals surface area contributed by atoms with Crippen LogP contribution in [0, 0.1) is 0 Å². The molecule has 13 heteroatoms. The SMILES string of the molecule is CC[C@H](C)NC(=O)[C@H](CC)N(Cc1ccccc1Cl)C(=O)CN(c1cc(C(F)(F)F)ccc1Cl)S(C)(=O)=O. The molecule has 0 bridgehead atoms. The van der Waals surface area contributed by atoms with Crippen LogP contribution in [-0.2, 0) is 32.3 Å². The summed E-state index contributed by atoms with van der Waals surface area (Å²) in [4.78, 5) is 28.0. The molecule has 38 heavy (non-hydrogen) atoms. The number of carbonyl (C=O) groups excluding carboxylic acids is 2. The number of alkyl halides is 3. The standard InChI is InChI=1S/C25H30Cl2F3N3O4S/c1-5-16(3)31-24(35)21(6-2)32(14-17-9-7-8-10-19(17)26)23(34)15-33(38(4,36)37)22-13-18(25(28,29)30)11-12-20(22)27/h7-13,16,21H,5-6,14-15H2,1-4H3,(H,31,35)/t16-,21-/m0/s1. The Bertz CT molecular complexity index is 1260. The van der Waals surface area contributed by atoms with Gasteiger partial charge in [-0.1, -0.05) is 55.2 Å². The molecule has 0 saturated heterocycles. The van der Waals surface area contributed by atoms with Gasteiger partial charge in [-0.3, -0.25) is 13.9 Å². The van der Waals surface area contributed by atoms with Gasteiger partial charge in [-0.25, -0.2) is 8.42 Å². The predicted molar refractivity (Wildman–Crippen MR) is 143 cm³/mol. The second kappa shape index (κ2) is 13.0. The molecule has 2 aromatic rings. The maximum absolute atomic E-state index is 13.7. The van der Waals surface area contributed by atoms with Gasteiger partial charge in [-0.05, 0) is 49.6 Å². The number of benzene rings is 2. The van der Waals surface area contributed by atoms with Crippen molar-refractivity contribution in [2.75, 3.05) is 17.1 Å². The van der Waals surface area contributed by atoms with Crippen molar-refractivity contribution in [3.63, 3.8) is 0 Å². The minimum absolute atomic E-state index is 0.140. The van der Waals surface area contributed by atoms with Crippen LogP contribution in [0.15, 0.2) is 42.5 Å². The Morgan fingerprint density at radius 3 is 2.18 bits per heavy atom. The van der Waals surface area contributed by atoms with E-state index in [0.29, 0.717) is 33.4 Å². The van der Waals surface area contributed by atoms with E-state index in [1.165, 1.54) is 4.90 Å². The summed E-state index contributed by atoms with van der Waals surface area (Å²) in [5.74, 6) is -1.28. The molecule has 0 radical (unpaired) electrons. The third-order valence-electron chi connectivity index (χ3n) is 5.91. The lowest BCUT2D eigenvalue weighted by Crippen LogP contribution is -2.53.